The van der Waals surface area contributed by atoms with E-state index in [1.54, 1.807) is 18.2 Å². The van der Waals surface area contributed by atoms with Crippen LogP contribution in [-0.2, 0) is 10.0 Å². The highest BCUT2D eigenvalue weighted by atomic mass is 35.5. The van der Waals surface area contributed by atoms with E-state index in [0.29, 0.717) is 5.02 Å². The molecule has 82 valence electrons. The maximum atomic E-state index is 11.8. The maximum absolute atomic E-state index is 11.8. The van der Waals surface area contributed by atoms with Gasteiger partial charge in [-0.15, -0.1) is 0 Å². The van der Waals surface area contributed by atoms with Crippen LogP contribution in [0.25, 0.3) is 0 Å². The first-order valence-corrected chi connectivity index (χ1v) is 6.72. The minimum absolute atomic E-state index is 0.106. The van der Waals surface area contributed by atoms with Crippen molar-refractivity contribution in [1.82, 2.24) is 4.72 Å². The van der Waals surface area contributed by atoms with Crippen molar-refractivity contribution in [2.45, 2.75) is 30.2 Å². The van der Waals surface area contributed by atoms with Gasteiger partial charge in [-0.2, -0.15) is 0 Å². The molecule has 1 aromatic carbocycles. The van der Waals surface area contributed by atoms with Gasteiger partial charge in [0.2, 0.25) is 10.0 Å². The lowest BCUT2D eigenvalue weighted by Crippen LogP contribution is -2.39. The van der Waals surface area contributed by atoms with Gasteiger partial charge in [-0.05, 0) is 31.0 Å². The third-order valence-corrected chi connectivity index (χ3v) is 4.29. The minimum Gasteiger partial charge on any atom is -0.208 e. The highest BCUT2D eigenvalue weighted by molar-refractivity contribution is 7.89. The fourth-order valence-corrected chi connectivity index (χ4v) is 3.05. The van der Waals surface area contributed by atoms with Crippen molar-refractivity contribution >= 4 is 21.6 Å². The summed E-state index contributed by atoms with van der Waals surface area (Å²) in [7, 11) is -3.38. The monoisotopic (exact) mass is 245 g/mol. The van der Waals surface area contributed by atoms with E-state index in [-0.39, 0.29) is 10.9 Å². The van der Waals surface area contributed by atoms with Crippen molar-refractivity contribution in [3.8, 4) is 0 Å². The van der Waals surface area contributed by atoms with Gasteiger partial charge >= 0.3 is 0 Å². The lowest BCUT2D eigenvalue weighted by Gasteiger charge is -2.26. The molecule has 1 aliphatic rings. The highest BCUT2D eigenvalue weighted by Crippen LogP contribution is 2.22. The molecule has 0 amide bonds. The summed E-state index contributed by atoms with van der Waals surface area (Å²) in [5.74, 6) is 0. The van der Waals surface area contributed by atoms with E-state index < -0.39 is 10.0 Å². The van der Waals surface area contributed by atoms with Crippen LogP contribution in [0.15, 0.2) is 29.2 Å². The zero-order valence-corrected chi connectivity index (χ0v) is 9.68. The van der Waals surface area contributed by atoms with Crippen LogP contribution in [0, 0.1) is 0 Å². The molecule has 1 fully saturated rings. The van der Waals surface area contributed by atoms with Gasteiger partial charge in [-0.25, -0.2) is 13.1 Å². The standard InChI is InChI=1S/C10H12ClNO2S/c11-8-3-1-6-10(7-8)15(13,14)12-9-4-2-5-9/h1,3,6-7,9,12H,2,4-5H2. The number of benzene rings is 1. The smallest absolute Gasteiger partial charge is 0.208 e. The molecule has 0 radical (unpaired) electrons. The molecule has 0 saturated heterocycles. The number of nitrogens with one attached hydrogen (secondary N) is 1. The predicted octanol–water partition coefficient (Wildman–Crippen LogP) is 2.17. The summed E-state index contributed by atoms with van der Waals surface area (Å²) in [4.78, 5) is 0.238. The Morgan fingerprint density at radius 1 is 1.33 bits per heavy atom. The average molecular weight is 246 g/mol. The van der Waals surface area contributed by atoms with Gasteiger partial charge in [0.15, 0.2) is 0 Å². The molecule has 5 heteroatoms. The molecule has 1 saturated carbocycles. The maximum Gasteiger partial charge on any atom is 0.240 e. The quantitative estimate of drug-likeness (QED) is 0.887. The molecular formula is C10H12ClNO2S. The van der Waals surface area contributed by atoms with Crippen LogP contribution in [0.3, 0.4) is 0 Å². The van der Waals surface area contributed by atoms with Crippen molar-refractivity contribution in [2.24, 2.45) is 0 Å². The molecule has 0 atom stereocenters. The van der Waals surface area contributed by atoms with Crippen LogP contribution in [0.5, 0.6) is 0 Å². The van der Waals surface area contributed by atoms with Crippen molar-refractivity contribution in [1.29, 1.82) is 0 Å². The Morgan fingerprint density at radius 2 is 2.07 bits per heavy atom. The van der Waals surface area contributed by atoms with Crippen LogP contribution >= 0.6 is 11.6 Å². The van der Waals surface area contributed by atoms with E-state index >= 15 is 0 Å². The zero-order valence-electron chi connectivity index (χ0n) is 8.11. The number of rotatable bonds is 3. The zero-order chi connectivity index (χ0) is 10.9. The number of halogens is 1. The van der Waals surface area contributed by atoms with Gasteiger partial charge in [-0.1, -0.05) is 24.1 Å². The fraction of sp³-hybridized carbons (Fsp3) is 0.400. The summed E-state index contributed by atoms with van der Waals surface area (Å²) in [5, 5.41) is 0.437. The van der Waals surface area contributed by atoms with E-state index in [0.717, 1.165) is 19.3 Å². The molecule has 0 aliphatic heterocycles. The molecule has 0 aromatic heterocycles. The van der Waals surface area contributed by atoms with E-state index in [1.807, 2.05) is 0 Å². The Labute approximate surface area is 94.5 Å². The lowest BCUT2D eigenvalue weighted by molar-refractivity contribution is 0.383. The Hall–Kier alpha value is -0.580. The SMILES string of the molecule is O=S(=O)(NC1CCC1)c1cccc(Cl)c1. The summed E-state index contributed by atoms with van der Waals surface area (Å²) in [6.07, 6.45) is 2.96. The average Bonchev–Trinajstić information content (AvgIpc) is 2.12. The highest BCUT2D eigenvalue weighted by Gasteiger charge is 2.24. The first-order valence-electron chi connectivity index (χ1n) is 4.86. The van der Waals surface area contributed by atoms with Crippen molar-refractivity contribution in [2.75, 3.05) is 0 Å². The molecule has 1 aliphatic carbocycles. The van der Waals surface area contributed by atoms with Crippen LogP contribution < -0.4 is 4.72 Å². The van der Waals surface area contributed by atoms with E-state index in [2.05, 4.69) is 4.72 Å². The number of hydrogen-bond donors (Lipinski definition) is 1. The third-order valence-electron chi connectivity index (χ3n) is 2.53. The second-order valence-corrected chi connectivity index (χ2v) is 5.86. The summed E-state index contributed by atoms with van der Waals surface area (Å²) in [5.41, 5.74) is 0. The number of hydrogen-bond acceptors (Lipinski definition) is 2. The Morgan fingerprint density at radius 3 is 2.60 bits per heavy atom. The van der Waals surface area contributed by atoms with Gasteiger partial charge in [0.05, 0.1) is 4.90 Å². The van der Waals surface area contributed by atoms with Gasteiger partial charge in [0, 0.05) is 11.1 Å². The largest absolute Gasteiger partial charge is 0.240 e. The molecule has 2 rings (SSSR count). The molecule has 3 nitrogen and oxygen atoms in total. The minimum atomic E-state index is -3.38. The Bertz CT molecular complexity index is 454. The summed E-state index contributed by atoms with van der Waals surface area (Å²) < 4.78 is 26.3. The van der Waals surface area contributed by atoms with Gasteiger partial charge in [-0.3, -0.25) is 0 Å². The van der Waals surface area contributed by atoms with E-state index in [9.17, 15) is 8.42 Å². The second kappa shape index (κ2) is 4.12. The first kappa shape index (κ1) is 10.9. The van der Waals surface area contributed by atoms with Crippen LogP contribution in [0.1, 0.15) is 19.3 Å². The van der Waals surface area contributed by atoms with Crippen LogP contribution in [-0.4, -0.2) is 14.5 Å². The summed E-state index contributed by atoms with van der Waals surface area (Å²) >= 11 is 5.74. The molecule has 15 heavy (non-hydrogen) atoms. The Balaban J connectivity index is 2.20. The molecular weight excluding hydrogens is 234 g/mol. The molecule has 0 unspecified atom stereocenters. The third kappa shape index (κ3) is 2.51. The van der Waals surface area contributed by atoms with Crippen molar-refractivity contribution in [3.05, 3.63) is 29.3 Å². The molecule has 1 aromatic rings. The fourth-order valence-electron chi connectivity index (χ4n) is 1.45. The topological polar surface area (TPSA) is 46.2 Å². The first-order chi connectivity index (χ1) is 7.08. The molecule has 0 heterocycles. The van der Waals surface area contributed by atoms with Crippen LogP contribution in [0.2, 0.25) is 5.02 Å². The molecule has 0 spiro atoms. The van der Waals surface area contributed by atoms with Gasteiger partial charge in [0.25, 0.3) is 0 Å². The number of sulfonamides is 1. The van der Waals surface area contributed by atoms with E-state index in [1.165, 1.54) is 6.07 Å². The molecule has 1 N–H and O–H groups in total. The van der Waals surface area contributed by atoms with Gasteiger partial charge < -0.3 is 0 Å². The second-order valence-electron chi connectivity index (χ2n) is 3.71. The van der Waals surface area contributed by atoms with Gasteiger partial charge in [0.1, 0.15) is 0 Å². The normalized spacial score (nSPS) is 17.4. The Kier molecular flexibility index (Phi) is 3.00. The van der Waals surface area contributed by atoms with Crippen LogP contribution in [0.4, 0.5) is 0 Å². The van der Waals surface area contributed by atoms with Crippen molar-refractivity contribution in [3.63, 3.8) is 0 Å². The van der Waals surface area contributed by atoms with Crippen molar-refractivity contribution < 1.29 is 8.42 Å². The molecule has 0 bridgehead atoms. The van der Waals surface area contributed by atoms with E-state index in [4.69, 9.17) is 11.6 Å². The summed E-state index contributed by atoms with van der Waals surface area (Å²) in [6, 6.07) is 6.41. The lowest BCUT2D eigenvalue weighted by atomic mass is 9.94. The predicted molar refractivity (Wildman–Crippen MR) is 59.4 cm³/mol. The summed E-state index contributed by atoms with van der Waals surface area (Å²) in [6.45, 7) is 0.